The lowest BCUT2D eigenvalue weighted by Crippen LogP contribution is -2.64. The number of amides is 2. The number of nitrogens with one attached hydrogen (secondary N) is 3. The molecule has 1 aromatic carbocycles. The second-order valence-electron chi connectivity index (χ2n) is 21.5. The monoisotopic (exact) mass is 894 g/mol. The Balaban J connectivity index is 1.27. The molecule has 7 unspecified atom stereocenters. The van der Waals surface area contributed by atoms with Crippen LogP contribution in [0.1, 0.15) is 143 Å². The van der Waals surface area contributed by atoms with E-state index in [0.29, 0.717) is 89.3 Å². The first-order valence-electron chi connectivity index (χ1n) is 23.6. The van der Waals surface area contributed by atoms with Crippen LogP contribution in [0.3, 0.4) is 0 Å². The second kappa shape index (κ2) is 17.2. The number of ether oxygens (including phenoxy) is 2. The molecule has 5 fully saturated rings. The number of fused-ring (bicyclic) bond motifs is 3. The molecule has 9 nitrogen and oxygen atoms in total. The highest BCUT2D eigenvalue weighted by atomic mass is 35.5. The van der Waals surface area contributed by atoms with E-state index in [2.05, 4.69) is 62.5 Å². The zero-order valence-corrected chi connectivity index (χ0v) is 39.6. The number of esters is 1. The summed E-state index contributed by atoms with van der Waals surface area (Å²) < 4.78 is 27.9. The molecule has 3 saturated carbocycles. The van der Waals surface area contributed by atoms with Crippen molar-refractivity contribution in [3.8, 4) is 0 Å². The van der Waals surface area contributed by atoms with E-state index in [1.807, 2.05) is 6.07 Å². The smallest absolute Gasteiger partial charge is 0.337 e. The first kappa shape index (κ1) is 45.8. The van der Waals surface area contributed by atoms with Crippen molar-refractivity contribution in [1.82, 2.24) is 15.6 Å². The van der Waals surface area contributed by atoms with E-state index in [4.69, 9.17) is 32.7 Å². The van der Waals surface area contributed by atoms with Gasteiger partial charge in [-0.2, -0.15) is 0 Å². The van der Waals surface area contributed by atoms with E-state index in [1.54, 1.807) is 25.1 Å². The standard InChI is InChI=1S/C50H69Cl2FN4O5/c1-27(2)33-12-9-29(5)23-37(33)48(38-24-30(6)10-13-34(38)28(3)4)18-20-49(21-19-48)50(36-14-11-31(51)25-39(36)56-45(50)59)40(35-16-22-54-43(52)41(35)53)42(57-49)44(58)55-32-15-17-47(7,62-26-32)46(60)61-8/h11,14,16,22,25,27-30,32-34,37-38,40,42,57H,9-10,12-13,15,17-21,23-24,26H2,1-8H3,(H,55,58)(H,56,59)/t29?,30?,32-,33?,34?,37?,38?,40+,42-,47?,48?,49?,50-/m1/s1. The van der Waals surface area contributed by atoms with Gasteiger partial charge in [-0.25, -0.2) is 14.2 Å². The lowest BCUT2D eigenvalue weighted by atomic mass is 9.43. The van der Waals surface area contributed by atoms with Gasteiger partial charge in [0.2, 0.25) is 11.8 Å². The average Bonchev–Trinajstić information content (AvgIpc) is 3.70. The SMILES string of the molecule is COC(=O)C1(C)CC[C@@H](NC(=O)[C@@H]2NC3(CCC(C4CC(C)CCC4C(C)C)(C4CC(C)CCC4C(C)C)CC3)[C@@]3(C(=O)Nc4cc(Cl)ccc43)[C@H]2c2ccnc(Cl)c2F)CO1. The fourth-order valence-corrected chi connectivity index (χ4v) is 14.9. The highest BCUT2D eigenvalue weighted by Gasteiger charge is 2.74. The summed E-state index contributed by atoms with van der Waals surface area (Å²) in [6.45, 7) is 16.4. The first-order chi connectivity index (χ1) is 29.4. The molecule has 2 spiro atoms. The fraction of sp³-hybridized carbons (Fsp3) is 0.720. The Morgan fingerprint density at radius 2 is 1.55 bits per heavy atom. The van der Waals surface area contributed by atoms with Crippen LogP contribution in [-0.2, 0) is 29.3 Å². The molecule has 3 N–H and O–H groups in total. The third-order valence-corrected chi connectivity index (χ3v) is 18.1. The molecular weight excluding hydrogens is 826 g/mol. The maximum atomic E-state index is 16.9. The van der Waals surface area contributed by atoms with Crippen LogP contribution in [0.25, 0.3) is 0 Å². The Morgan fingerprint density at radius 1 is 0.919 bits per heavy atom. The summed E-state index contributed by atoms with van der Waals surface area (Å²) in [7, 11) is 1.34. The molecule has 3 aliphatic heterocycles. The topological polar surface area (TPSA) is 119 Å². The molecular formula is C50H69Cl2FN4O5. The van der Waals surface area contributed by atoms with Crippen molar-refractivity contribution in [2.75, 3.05) is 19.0 Å². The van der Waals surface area contributed by atoms with Crippen molar-refractivity contribution in [1.29, 1.82) is 0 Å². The van der Waals surface area contributed by atoms with Crippen LogP contribution in [0.4, 0.5) is 10.1 Å². The van der Waals surface area contributed by atoms with Crippen LogP contribution in [0.2, 0.25) is 10.2 Å². The van der Waals surface area contributed by atoms with Gasteiger partial charge in [0, 0.05) is 28.4 Å². The summed E-state index contributed by atoms with van der Waals surface area (Å²) in [6, 6.07) is 5.61. The maximum Gasteiger partial charge on any atom is 0.337 e. The lowest BCUT2D eigenvalue weighted by Gasteiger charge is -2.62. The van der Waals surface area contributed by atoms with Gasteiger partial charge in [-0.1, -0.05) is 83.7 Å². The van der Waals surface area contributed by atoms with Crippen LogP contribution >= 0.6 is 23.2 Å². The van der Waals surface area contributed by atoms with Crippen LogP contribution in [0.5, 0.6) is 0 Å². The molecule has 4 heterocycles. The van der Waals surface area contributed by atoms with E-state index < -0.39 is 46.3 Å². The average molecular weight is 896 g/mol. The molecule has 0 bridgehead atoms. The van der Waals surface area contributed by atoms with E-state index in [-0.39, 0.29) is 34.6 Å². The second-order valence-corrected chi connectivity index (χ2v) is 22.3. The predicted molar refractivity (Wildman–Crippen MR) is 241 cm³/mol. The van der Waals surface area contributed by atoms with E-state index in [0.717, 1.165) is 12.8 Å². The van der Waals surface area contributed by atoms with Crippen LogP contribution in [0.15, 0.2) is 30.5 Å². The van der Waals surface area contributed by atoms with Crippen molar-refractivity contribution >= 4 is 46.7 Å². The van der Waals surface area contributed by atoms with E-state index in [9.17, 15) is 4.79 Å². The first-order valence-corrected chi connectivity index (χ1v) is 24.4. The van der Waals surface area contributed by atoms with Gasteiger partial charge < -0.3 is 20.1 Å². The normalized spacial score (nSPS) is 39.6. The molecule has 3 aliphatic carbocycles. The molecule has 0 radical (unpaired) electrons. The molecule has 2 saturated heterocycles. The molecule has 12 heteroatoms. The minimum absolute atomic E-state index is 0.0338. The van der Waals surface area contributed by atoms with Crippen molar-refractivity contribution in [3.63, 3.8) is 0 Å². The predicted octanol–water partition coefficient (Wildman–Crippen LogP) is 10.4. The van der Waals surface area contributed by atoms with Crippen LogP contribution in [0, 0.1) is 58.6 Å². The van der Waals surface area contributed by atoms with Gasteiger partial charge >= 0.3 is 5.97 Å². The molecule has 11 atom stereocenters. The number of carbonyl (C=O) groups is 3. The Morgan fingerprint density at radius 3 is 2.11 bits per heavy atom. The minimum atomic E-state index is -1.41. The largest absolute Gasteiger partial charge is 0.467 e. The van der Waals surface area contributed by atoms with E-state index >= 15 is 14.0 Å². The minimum Gasteiger partial charge on any atom is -0.467 e. The number of halogens is 3. The molecule has 1 aromatic heterocycles. The van der Waals surface area contributed by atoms with Gasteiger partial charge in [0.15, 0.2) is 16.6 Å². The Hall–Kier alpha value is -2.79. The number of nitrogens with zero attached hydrogens (tertiary/aromatic N) is 1. The lowest BCUT2D eigenvalue weighted by molar-refractivity contribution is -0.174. The quantitative estimate of drug-likeness (QED) is 0.178. The number of rotatable bonds is 8. The number of pyridine rings is 1. The van der Waals surface area contributed by atoms with Crippen molar-refractivity contribution in [2.45, 2.75) is 160 Å². The molecule has 2 amide bonds. The van der Waals surface area contributed by atoms with Gasteiger partial charge in [-0.15, -0.1) is 0 Å². The zero-order valence-electron chi connectivity index (χ0n) is 38.1. The number of carbonyl (C=O) groups excluding carboxylic acids is 3. The fourth-order valence-electron chi connectivity index (χ4n) is 14.5. The molecule has 8 rings (SSSR count). The van der Waals surface area contributed by atoms with Crippen molar-refractivity contribution in [3.05, 3.63) is 57.6 Å². The van der Waals surface area contributed by atoms with Gasteiger partial charge in [0.1, 0.15) is 5.41 Å². The summed E-state index contributed by atoms with van der Waals surface area (Å²) in [5.41, 5.74) is -1.97. The highest BCUT2D eigenvalue weighted by Crippen LogP contribution is 2.69. The Bertz CT molecular complexity index is 2000. The summed E-state index contributed by atoms with van der Waals surface area (Å²) in [5.74, 6) is 1.84. The molecule has 2 aromatic rings. The third-order valence-electron chi connectivity index (χ3n) is 17.6. The number of hydrogen-bond donors (Lipinski definition) is 3. The summed E-state index contributed by atoms with van der Waals surface area (Å²) in [5, 5.41) is 10.5. The molecule has 6 aliphatic rings. The summed E-state index contributed by atoms with van der Waals surface area (Å²) in [4.78, 5) is 47.4. The Kier molecular flexibility index (Phi) is 12.7. The third kappa shape index (κ3) is 7.41. The number of hydrogen-bond acceptors (Lipinski definition) is 7. The number of benzene rings is 1. The van der Waals surface area contributed by atoms with Crippen molar-refractivity contribution < 1.29 is 28.2 Å². The summed E-state index contributed by atoms with van der Waals surface area (Å²) in [6.07, 6.45) is 12.8. The molecule has 340 valence electrons. The van der Waals surface area contributed by atoms with Crippen LogP contribution in [-0.4, -0.2) is 59.7 Å². The summed E-state index contributed by atoms with van der Waals surface area (Å²) >= 11 is 13.1. The zero-order chi connectivity index (χ0) is 44.5. The number of methoxy groups -OCH3 is 1. The van der Waals surface area contributed by atoms with Crippen LogP contribution < -0.4 is 16.0 Å². The van der Waals surface area contributed by atoms with Gasteiger partial charge in [0.05, 0.1) is 25.8 Å². The maximum absolute atomic E-state index is 16.9. The number of anilines is 1. The Labute approximate surface area is 378 Å². The molecule has 62 heavy (non-hydrogen) atoms. The van der Waals surface area contributed by atoms with Gasteiger partial charge in [-0.05, 0) is 153 Å². The van der Waals surface area contributed by atoms with Gasteiger partial charge in [0.25, 0.3) is 0 Å². The van der Waals surface area contributed by atoms with Gasteiger partial charge in [-0.3, -0.25) is 14.9 Å². The van der Waals surface area contributed by atoms with Crippen molar-refractivity contribution in [2.24, 2.45) is 52.8 Å². The van der Waals surface area contributed by atoms with E-state index in [1.165, 1.54) is 51.8 Å². The highest BCUT2D eigenvalue weighted by molar-refractivity contribution is 6.31. The number of aromatic nitrogens is 1.